The largest absolute Gasteiger partial charge is 0.508 e. The molecule has 1 fully saturated rings. The average Bonchev–Trinajstić information content (AvgIpc) is 0.825. The number of likely N-dealkylation sites (N-methyl/N-ethyl adjacent to an activating group) is 2. The molecule has 1 aliphatic heterocycles. The molecular formula is C91H123N17O21S. The molecule has 17 amide bonds. The fourth-order valence-electron chi connectivity index (χ4n) is 13.9. The molecule has 0 unspecified atom stereocenters. The first kappa shape index (κ1) is 105. The zero-order chi connectivity index (χ0) is 96.5. The SMILES string of the molecule is Cc1ccccc1C[C@@H]1NC(=O)[C@H](CC(=O)O)NC(=O)[C@H](Cc2ccc(O)cc2)NC(=O)[C@H](Cc2ccccc2)NC(=O)CSC[C@@H](C(=O)N[C@@H](C)C(N)=O)NC(=O)[C@H](CO)NC(=O)[C@H](C(C)C)NC(=O)[C@H](CC(C)C)NC(=O)[C@H](CC(N)=O)NC(=O)CN(C)C(=O)[C@H](C)N(C)C(=O)[C@H](C(C)C)NC(=O)[C@H](Cc2ccc(-c3ccccc3)cc2)NC(=O)[C@H](CC(C)C)NC1=O. The lowest BCUT2D eigenvalue weighted by molar-refractivity contribution is -0.147. The van der Waals surface area contributed by atoms with Gasteiger partial charge in [0.15, 0.2) is 0 Å². The van der Waals surface area contributed by atoms with Crippen LogP contribution in [0.4, 0.5) is 0 Å². The molecule has 1 heterocycles. The minimum absolute atomic E-state index is 0.109. The first-order chi connectivity index (χ1) is 61.3. The summed E-state index contributed by atoms with van der Waals surface area (Å²) in [6.07, 6.45) is -3.43. The normalized spacial score (nSPS) is 23.3. The topological polar surface area (TPSA) is 583 Å². The quantitative estimate of drug-likeness (QED) is 0.0382. The monoisotopic (exact) mass is 1820 g/mol. The highest BCUT2D eigenvalue weighted by Crippen LogP contribution is 2.23. The van der Waals surface area contributed by atoms with Gasteiger partial charge in [0, 0.05) is 45.5 Å². The Kier molecular flexibility index (Phi) is 41.4. The minimum Gasteiger partial charge on any atom is -0.508 e. The lowest BCUT2D eigenvalue weighted by Crippen LogP contribution is -2.61. The number of nitrogens with one attached hydrogen (secondary N) is 13. The van der Waals surface area contributed by atoms with E-state index in [0.717, 1.165) is 20.9 Å². The summed E-state index contributed by atoms with van der Waals surface area (Å²) in [6.45, 7) is 15.4. The number of rotatable bonds is 23. The maximum Gasteiger partial charge on any atom is 0.305 e. The third-order valence-corrected chi connectivity index (χ3v) is 22.5. The van der Waals surface area contributed by atoms with Gasteiger partial charge in [-0.2, -0.15) is 0 Å². The van der Waals surface area contributed by atoms with Gasteiger partial charge in [0.05, 0.1) is 31.7 Å². The van der Waals surface area contributed by atoms with Crippen molar-refractivity contribution in [2.24, 2.45) is 35.1 Å². The second-order valence-electron chi connectivity index (χ2n) is 33.8. The van der Waals surface area contributed by atoms with Gasteiger partial charge in [0.1, 0.15) is 90.3 Å². The van der Waals surface area contributed by atoms with Crippen LogP contribution in [0.25, 0.3) is 11.1 Å². The van der Waals surface area contributed by atoms with Gasteiger partial charge in [-0.05, 0) is 108 Å². The van der Waals surface area contributed by atoms with Gasteiger partial charge in [-0.1, -0.05) is 177 Å². The Morgan fingerprint density at radius 2 is 0.846 bits per heavy atom. The second-order valence-corrected chi connectivity index (χ2v) is 34.9. The van der Waals surface area contributed by atoms with Gasteiger partial charge >= 0.3 is 5.97 Å². The Morgan fingerprint density at radius 1 is 0.446 bits per heavy atom. The van der Waals surface area contributed by atoms with Crippen molar-refractivity contribution in [2.75, 3.05) is 38.8 Å². The fraction of sp³-hybridized carbons (Fsp3) is 0.473. The number of aliphatic hydroxyl groups is 1. The molecular weight excluding hydrogens is 1700 g/mol. The predicted molar refractivity (Wildman–Crippen MR) is 481 cm³/mol. The van der Waals surface area contributed by atoms with Crippen molar-refractivity contribution < 1.29 is 102 Å². The molecule has 20 N–H and O–H groups in total. The molecule has 1 aliphatic rings. The van der Waals surface area contributed by atoms with Crippen molar-refractivity contribution in [1.82, 2.24) is 78.9 Å². The number of benzene rings is 5. The van der Waals surface area contributed by atoms with Crippen LogP contribution in [0.15, 0.2) is 133 Å². The van der Waals surface area contributed by atoms with E-state index in [0.29, 0.717) is 39.6 Å². The van der Waals surface area contributed by atoms with E-state index in [2.05, 4.69) is 69.1 Å². The molecule has 5 aromatic rings. The summed E-state index contributed by atoms with van der Waals surface area (Å²) in [7, 11) is 2.47. The van der Waals surface area contributed by atoms with E-state index in [-0.39, 0.29) is 49.7 Å². The van der Waals surface area contributed by atoms with Crippen LogP contribution in [0.5, 0.6) is 5.75 Å². The number of amides is 17. The molecule has 0 aromatic heterocycles. The summed E-state index contributed by atoms with van der Waals surface area (Å²) in [5.41, 5.74) is 15.1. The smallest absolute Gasteiger partial charge is 0.305 e. The van der Waals surface area contributed by atoms with Gasteiger partial charge in [0.25, 0.3) is 0 Å². The minimum atomic E-state index is -2.05. The third-order valence-electron chi connectivity index (χ3n) is 21.4. The molecule has 14 atom stereocenters. The lowest BCUT2D eigenvalue weighted by atomic mass is 9.97. The molecule has 0 radical (unpaired) electrons. The number of phenolic OH excluding ortho intramolecular Hbond substituents is 1. The summed E-state index contributed by atoms with van der Waals surface area (Å²) in [6, 6.07) is 14.0. The van der Waals surface area contributed by atoms with Gasteiger partial charge < -0.3 is 106 Å². The predicted octanol–water partition coefficient (Wildman–Crippen LogP) is -0.755. The maximum absolute atomic E-state index is 15.3. The number of carboxylic acids is 1. The zero-order valence-corrected chi connectivity index (χ0v) is 76.0. The number of nitrogens with two attached hydrogens (primary N) is 2. The number of nitrogens with zero attached hydrogens (tertiary/aromatic N) is 2. The Labute approximate surface area is 759 Å². The number of aryl methyl sites for hydroxylation is 1. The Balaban J connectivity index is 1.46. The highest BCUT2D eigenvalue weighted by molar-refractivity contribution is 8.00. The molecule has 0 aliphatic carbocycles. The van der Waals surface area contributed by atoms with Crippen molar-refractivity contribution in [3.05, 3.63) is 161 Å². The molecule has 704 valence electrons. The number of hydrogen-bond donors (Lipinski definition) is 18. The second kappa shape index (κ2) is 51.0. The number of phenols is 1. The molecule has 39 heteroatoms. The van der Waals surface area contributed by atoms with E-state index in [1.165, 1.54) is 66.1 Å². The highest BCUT2D eigenvalue weighted by Gasteiger charge is 2.41. The van der Waals surface area contributed by atoms with Crippen LogP contribution in [0.3, 0.4) is 0 Å². The molecule has 38 nitrogen and oxygen atoms in total. The van der Waals surface area contributed by atoms with Crippen LogP contribution < -0.4 is 80.6 Å². The molecule has 0 bridgehead atoms. The van der Waals surface area contributed by atoms with Crippen molar-refractivity contribution in [3.63, 3.8) is 0 Å². The third kappa shape index (κ3) is 33.7. The van der Waals surface area contributed by atoms with E-state index in [4.69, 9.17) is 11.5 Å². The number of hydrogen-bond acceptors (Lipinski definition) is 21. The zero-order valence-electron chi connectivity index (χ0n) is 75.2. The summed E-state index contributed by atoms with van der Waals surface area (Å²) in [5.74, 6) is -22.6. The van der Waals surface area contributed by atoms with Crippen LogP contribution in [0.2, 0.25) is 0 Å². The number of carbonyl (C=O) groups excluding carboxylic acids is 17. The summed E-state index contributed by atoms with van der Waals surface area (Å²) < 4.78 is 0. The van der Waals surface area contributed by atoms with Crippen LogP contribution in [-0.2, 0) is 112 Å². The van der Waals surface area contributed by atoms with Gasteiger partial charge in [-0.15, -0.1) is 11.8 Å². The van der Waals surface area contributed by atoms with Gasteiger partial charge in [-0.3, -0.25) is 86.3 Å². The number of aliphatic carboxylic acids is 1. The number of primary amides is 2. The van der Waals surface area contributed by atoms with Crippen LogP contribution in [-0.4, -0.2) is 255 Å². The number of thioether (sulfide) groups is 1. The van der Waals surface area contributed by atoms with E-state index in [1.807, 2.05) is 30.3 Å². The van der Waals surface area contributed by atoms with E-state index >= 15 is 28.8 Å². The van der Waals surface area contributed by atoms with E-state index in [1.54, 1.807) is 127 Å². The average molecular weight is 1820 g/mol. The standard InChI is InChI=1S/C91H123N17O21S/c1-48(2)36-62-79(117)100-66(39-56-28-32-59(33-29-56)58-25-18-15-19-26-58)86(124)106-77(51(7)8)91(129)108(13)54(11)90(128)107(12)44-73(112)95-68(42-72(92)111)83(121)98-63(37-49(3)4)85(123)105-76(50(5)6)89(127)103-70(45-109)87(125)104-71(88(126)94-53(10)78(93)116)46-130-47-74(113)96-64(38-55-23-16-14-17-24-55)80(118)99-65(40-57-30-34-61(110)35-31-57)81(119)102-69(43-75(114)115)84(122)101-67(82(120)97-62)41-60-27-21-20-22-52(60)9/h14-35,48-51,53-54,62-71,76-77,109-110H,36-47H2,1-13H3,(H2,92,111)(H2,93,116)(H,94,126)(H,95,112)(H,96,113)(H,97,120)(H,98,121)(H,99,118)(H,100,117)(H,101,122)(H,102,119)(H,103,127)(H,104,125)(H,105,123)(H,106,124)(H,114,115)/t53-,54-,62-,63-,64-,65-,66-,67-,68-,69-,70-,71-,76-,77-/m0/s1. The summed E-state index contributed by atoms with van der Waals surface area (Å²) in [4.78, 5) is 259. The maximum atomic E-state index is 15.3. The number of aromatic hydroxyl groups is 1. The van der Waals surface area contributed by atoms with Crippen LogP contribution in [0, 0.1) is 30.6 Å². The van der Waals surface area contributed by atoms with Crippen molar-refractivity contribution >= 4 is 118 Å². The molecule has 1 saturated heterocycles. The Morgan fingerprint density at radius 3 is 1.34 bits per heavy atom. The number of carbonyl (C=O) groups is 18. The molecule has 0 saturated carbocycles. The first-order valence-corrected chi connectivity index (χ1v) is 43.9. The molecule has 130 heavy (non-hydrogen) atoms. The van der Waals surface area contributed by atoms with E-state index < -0.39 is 247 Å². The fourth-order valence-corrected chi connectivity index (χ4v) is 14.8. The molecule has 6 rings (SSSR count). The Hall–Kier alpha value is -13.3. The molecule has 0 spiro atoms. The first-order valence-electron chi connectivity index (χ1n) is 42.8. The number of aliphatic hydroxyl groups excluding tert-OH is 1. The van der Waals surface area contributed by atoms with Crippen LogP contribution >= 0.6 is 11.8 Å². The van der Waals surface area contributed by atoms with E-state index in [9.17, 15) is 72.9 Å². The van der Waals surface area contributed by atoms with Gasteiger partial charge in [-0.25, -0.2) is 0 Å². The highest BCUT2D eigenvalue weighted by atomic mass is 32.2. The van der Waals surface area contributed by atoms with Crippen LogP contribution in [0.1, 0.15) is 123 Å². The van der Waals surface area contributed by atoms with Gasteiger partial charge in [0.2, 0.25) is 100 Å². The molecule has 5 aromatic carbocycles. The van der Waals surface area contributed by atoms with Crippen molar-refractivity contribution in [2.45, 2.75) is 212 Å². The number of carboxylic acid groups (broad SMARTS) is 1. The summed E-state index contributed by atoms with van der Waals surface area (Å²) >= 11 is 0.704. The van der Waals surface area contributed by atoms with Crippen molar-refractivity contribution in [3.8, 4) is 16.9 Å². The lowest BCUT2D eigenvalue weighted by Gasteiger charge is -2.33. The van der Waals surface area contributed by atoms with Crippen molar-refractivity contribution in [1.29, 1.82) is 0 Å². The summed E-state index contributed by atoms with van der Waals surface area (Å²) in [5, 5.41) is 64.6. The Bertz CT molecular complexity index is 4810.